The first-order valence-electron chi connectivity index (χ1n) is 10.6. The van der Waals surface area contributed by atoms with E-state index in [1.54, 1.807) is 12.1 Å². The van der Waals surface area contributed by atoms with Crippen LogP contribution in [0.25, 0.3) is 11.1 Å². The van der Waals surface area contributed by atoms with Gasteiger partial charge in [0.05, 0.1) is 11.3 Å². The van der Waals surface area contributed by atoms with Gasteiger partial charge in [-0.25, -0.2) is 9.78 Å². The fraction of sp³-hybridized carbons (Fsp3) is 0.231. The summed E-state index contributed by atoms with van der Waals surface area (Å²) < 4.78 is 46.6. The van der Waals surface area contributed by atoms with Gasteiger partial charge < -0.3 is 9.84 Å². The Morgan fingerprint density at radius 2 is 1.67 bits per heavy atom. The van der Waals surface area contributed by atoms with Crippen molar-refractivity contribution in [2.24, 2.45) is 0 Å². The predicted octanol–water partition coefficient (Wildman–Crippen LogP) is 6.86. The van der Waals surface area contributed by atoms with Crippen LogP contribution in [-0.2, 0) is 12.8 Å². The molecule has 1 heterocycles. The molecule has 0 unspecified atom stereocenters. The van der Waals surface area contributed by atoms with Crippen molar-refractivity contribution < 1.29 is 27.8 Å². The van der Waals surface area contributed by atoms with Crippen molar-refractivity contribution in [1.29, 1.82) is 0 Å². The van der Waals surface area contributed by atoms with Crippen molar-refractivity contribution >= 4 is 17.1 Å². The molecule has 3 aromatic rings. The molecule has 0 saturated carbocycles. The summed E-state index contributed by atoms with van der Waals surface area (Å²) in [4.78, 5) is 15.6. The summed E-state index contributed by atoms with van der Waals surface area (Å²) in [6, 6.07) is 17.6. The van der Waals surface area contributed by atoms with E-state index >= 15 is 0 Å². The van der Waals surface area contributed by atoms with Crippen LogP contribution in [-0.4, -0.2) is 16.1 Å². The van der Waals surface area contributed by atoms with Crippen LogP contribution in [0.5, 0.6) is 5.75 Å². The first-order chi connectivity index (χ1) is 15.8. The van der Waals surface area contributed by atoms with Gasteiger partial charge in [-0.3, -0.25) is 0 Å². The summed E-state index contributed by atoms with van der Waals surface area (Å²) in [5.74, 6) is -0.795. The third-order valence-corrected chi connectivity index (χ3v) is 5.61. The normalized spacial score (nSPS) is 14.3. The van der Waals surface area contributed by atoms with E-state index in [9.17, 15) is 23.1 Å². The quantitative estimate of drug-likeness (QED) is 0.443. The maximum Gasteiger partial charge on any atom is 0.416 e. The third kappa shape index (κ3) is 5.25. The number of carboxylic acids is 1. The lowest BCUT2D eigenvalue weighted by atomic mass is 9.84. The first-order valence-corrected chi connectivity index (χ1v) is 10.6. The van der Waals surface area contributed by atoms with Gasteiger partial charge in [0.15, 0.2) is 0 Å². The van der Waals surface area contributed by atoms with Crippen molar-refractivity contribution in [2.45, 2.75) is 38.5 Å². The Hall–Kier alpha value is -3.61. The molecule has 0 radical (unpaired) electrons. The molecule has 0 fully saturated rings. The number of pyridine rings is 1. The maximum absolute atomic E-state index is 13.5. The molecule has 0 aliphatic heterocycles. The Morgan fingerprint density at radius 3 is 2.36 bits per heavy atom. The maximum atomic E-state index is 13.5. The van der Waals surface area contributed by atoms with E-state index in [-0.39, 0.29) is 12.3 Å². The number of aromatic nitrogens is 1. The van der Waals surface area contributed by atoms with E-state index < -0.39 is 17.7 Å². The minimum absolute atomic E-state index is 0.102. The number of nitrogens with zero attached hydrogens (tertiary/aromatic N) is 1. The van der Waals surface area contributed by atoms with E-state index in [1.807, 2.05) is 30.3 Å². The van der Waals surface area contributed by atoms with Gasteiger partial charge in [0.1, 0.15) is 18.1 Å². The molecule has 33 heavy (non-hydrogen) atoms. The van der Waals surface area contributed by atoms with Gasteiger partial charge >= 0.3 is 12.1 Å². The highest BCUT2D eigenvalue weighted by Gasteiger charge is 2.32. The van der Waals surface area contributed by atoms with E-state index in [0.29, 0.717) is 35.4 Å². The van der Waals surface area contributed by atoms with Crippen molar-refractivity contribution in [1.82, 2.24) is 4.98 Å². The monoisotopic (exact) mass is 453 g/mol. The van der Waals surface area contributed by atoms with Gasteiger partial charge in [-0.2, -0.15) is 13.2 Å². The minimum atomic E-state index is -4.50. The standard InChI is InChI=1S/C26H22F3NO3/c27-26(28,29)18-13-14-24(33-16-17-7-2-1-3-8-17)21(15-18)19-9-4-5-10-20(19)22-11-6-12-23(30-22)25(31)32/h1-3,6-8,11-15H,4-5,9-10,16H2,(H,31,32). The fourth-order valence-corrected chi connectivity index (χ4v) is 4.01. The zero-order chi connectivity index (χ0) is 23.4. The van der Waals surface area contributed by atoms with Crippen LogP contribution in [0.3, 0.4) is 0 Å². The largest absolute Gasteiger partial charge is 0.488 e. The number of hydrogen-bond donors (Lipinski definition) is 1. The summed E-state index contributed by atoms with van der Waals surface area (Å²) in [6.07, 6.45) is -1.69. The number of carboxylic acid groups (broad SMARTS) is 1. The first kappa shape index (κ1) is 22.6. The molecule has 1 aromatic heterocycles. The molecule has 0 amide bonds. The second kappa shape index (κ2) is 9.48. The summed E-state index contributed by atoms with van der Waals surface area (Å²) in [5, 5.41) is 9.32. The molecule has 0 saturated heterocycles. The smallest absolute Gasteiger partial charge is 0.416 e. The van der Waals surface area contributed by atoms with Crippen molar-refractivity contribution in [3.63, 3.8) is 0 Å². The summed E-state index contributed by atoms with van der Waals surface area (Å²) >= 11 is 0. The average molecular weight is 453 g/mol. The number of aromatic carboxylic acids is 1. The number of carbonyl (C=O) groups is 1. The summed E-state index contributed by atoms with van der Waals surface area (Å²) in [5.41, 5.74) is 2.36. The van der Waals surface area contributed by atoms with Crippen molar-refractivity contribution in [3.05, 3.63) is 94.8 Å². The number of alkyl halides is 3. The van der Waals surface area contributed by atoms with E-state index in [1.165, 1.54) is 12.1 Å². The van der Waals surface area contributed by atoms with Crippen LogP contribution in [0.2, 0.25) is 0 Å². The number of rotatable bonds is 6. The number of halogens is 3. The molecular weight excluding hydrogens is 431 g/mol. The SMILES string of the molecule is O=C(O)c1cccc(C2=C(c3cc(C(F)(F)F)ccc3OCc3ccccc3)CCCC2)n1. The topological polar surface area (TPSA) is 59.4 Å². The van der Waals surface area contributed by atoms with Crippen molar-refractivity contribution in [2.75, 3.05) is 0 Å². The highest BCUT2D eigenvalue weighted by molar-refractivity contribution is 5.93. The molecule has 170 valence electrons. The van der Waals surface area contributed by atoms with Crippen molar-refractivity contribution in [3.8, 4) is 5.75 Å². The Kier molecular flexibility index (Phi) is 6.49. The summed E-state index contributed by atoms with van der Waals surface area (Å²) in [7, 11) is 0. The number of ether oxygens (including phenoxy) is 1. The van der Waals surface area contributed by atoms with Gasteiger partial charge in [0, 0.05) is 5.56 Å². The molecule has 0 bridgehead atoms. The molecule has 0 atom stereocenters. The van der Waals surface area contributed by atoms with E-state index in [0.717, 1.165) is 36.1 Å². The van der Waals surface area contributed by atoms with Gasteiger partial charge in [-0.1, -0.05) is 36.4 Å². The van der Waals surface area contributed by atoms with E-state index in [4.69, 9.17) is 4.74 Å². The predicted molar refractivity (Wildman–Crippen MR) is 119 cm³/mol. The minimum Gasteiger partial charge on any atom is -0.488 e. The van der Waals surface area contributed by atoms with Crippen LogP contribution in [0.15, 0.2) is 66.7 Å². The second-order valence-electron chi connectivity index (χ2n) is 7.86. The lowest BCUT2D eigenvalue weighted by Gasteiger charge is -2.23. The number of benzene rings is 2. The van der Waals surface area contributed by atoms with Gasteiger partial charge in [0.25, 0.3) is 0 Å². The molecular formula is C26H22F3NO3. The average Bonchev–Trinajstić information content (AvgIpc) is 2.83. The molecule has 1 aliphatic carbocycles. The zero-order valence-corrected chi connectivity index (χ0v) is 17.7. The molecule has 4 nitrogen and oxygen atoms in total. The highest BCUT2D eigenvalue weighted by Crippen LogP contribution is 2.43. The molecule has 0 spiro atoms. The van der Waals surface area contributed by atoms with Crippen LogP contribution < -0.4 is 4.74 Å². The lowest BCUT2D eigenvalue weighted by Crippen LogP contribution is -2.09. The van der Waals surface area contributed by atoms with Gasteiger partial charge in [-0.15, -0.1) is 0 Å². The van der Waals surface area contributed by atoms with E-state index in [2.05, 4.69) is 4.98 Å². The molecule has 7 heteroatoms. The third-order valence-electron chi connectivity index (χ3n) is 5.61. The lowest BCUT2D eigenvalue weighted by molar-refractivity contribution is -0.137. The highest BCUT2D eigenvalue weighted by atomic mass is 19.4. The van der Waals surface area contributed by atoms with Crippen LogP contribution in [0, 0.1) is 0 Å². The molecule has 1 N–H and O–H groups in total. The number of allylic oxidation sites excluding steroid dienone is 2. The molecule has 4 rings (SSSR count). The Balaban J connectivity index is 1.82. The van der Waals surface area contributed by atoms with Gasteiger partial charge in [0.2, 0.25) is 0 Å². The second-order valence-corrected chi connectivity index (χ2v) is 7.86. The van der Waals surface area contributed by atoms with Crippen LogP contribution in [0.1, 0.15) is 58.6 Å². The Labute approximate surface area is 189 Å². The van der Waals surface area contributed by atoms with Crippen LogP contribution >= 0.6 is 0 Å². The van der Waals surface area contributed by atoms with Crippen LogP contribution in [0.4, 0.5) is 13.2 Å². The molecule has 2 aromatic carbocycles. The Morgan fingerprint density at radius 1 is 0.939 bits per heavy atom. The molecule has 1 aliphatic rings. The Bertz CT molecular complexity index is 1190. The zero-order valence-electron chi connectivity index (χ0n) is 17.7. The number of hydrogen-bond acceptors (Lipinski definition) is 3. The summed E-state index contributed by atoms with van der Waals surface area (Å²) in [6.45, 7) is 0.217. The fourth-order valence-electron chi connectivity index (χ4n) is 4.01. The van der Waals surface area contributed by atoms with Gasteiger partial charge in [-0.05, 0) is 72.7 Å².